The van der Waals surface area contributed by atoms with Gasteiger partial charge in [-0.05, 0) is 19.1 Å². The molecule has 1 unspecified atom stereocenters. The Hall–Kier alpha value is -1.75. The molecule has 0 aromatic heterocycles. The standard InChI is InChI=1S/C13H16ClNO4/c1-8(13(17)19-3)15-12(16)6-9-4-5-10(14)7-11(9)18-2/h4-5,7-8H,6H2,1-3H3,(H,15,16). The second kappa shape index (κ2) is 6.99. The Morgan fingerprint density at radius 3 is 2.63 bits per heavy atom. The third kappa shape index (κ3) is 4.44. The molecule has 0 saturated heterocycles. The molecule has 6 heteroatoms. The SMILES string of the molecule is COC(=O)C(C)NC(=O)Cc1ccc(Cl)cc1OC. The minimum atomic E-state index is -0.684. The van der Waals surface area contributed by atoms with Crippen molar-refractivity contribution in [3.05, 3.63) is 28.8 Å². The molecule has 0 aliphatic heterocycles. The summed E-state index contributed by atoms with van der Waals surface area (Å²) in [5.74, 6) is -0.247. The van der Waals surface area contributed by atoms with Gasteiger partial charge in [0.15, 0.2) is 0 Å². The van der Waals surface area contributed by atoms with Crippen molar-refractivity contribution >= 4 is 23.5 Å². The Bertz CT molecular complexity index is 476. The maximum atomic E-state index is 11.8. The molecule has 0 spiro atoms. The molecule has 1 rings (SSSR count). The molecule has 0 aliphatic rings. The highest BCUT2D eigenvalue weighted by Crippen LogP contribution is 2.23. The van der Waals surface area contributed by atoms with E-state index in [0.29, 0.717) is 16.3 Å². The van der Waals surface area contributed by atoms with Crippen LogP contribution in [0.25, 0.3) is 0 Å². The van der Waals surface area contributed by atoms with Gasteiger partial charge in [0.05, 0.1) is 20.6 Å². The number of amides is 1. The topological polar surface area (TPSA) is 64.6 Å². The van der Waals surface area contributed by atoms with E-state index in [2.05, 4.69) is 10.1 Å². The molecule has 1 atom stereocenters. The highest BCUT2D eigenvalue weighted by atomic mass is 35.5. The molecular weight excluding hydrogens is 270 g/mol. The minimum Gasteiger partial charge on any atom is -0.496 e. The highest BCUT2D eigenvalue weighted by Gasteiger charge is 2.17. The van der Waals surface area contributed by atoms with Gasteiger partial charge in [0.25, 0.3) is 0 Å². The van der Waals surface area contributed by atoms with E-state index in [4.69, 9.17) is 16.3 Å². The number of benzene rings is 1. The highest BCUT2D eigenvalue weighted by molar-refractivity contribution is 6.30. The van der Waals surface area contributed by atoms with Crippen molar-refractivity contribution in [2.24, 2.45) is 0 Å². The van der Waals surface area contributed by atoms with Crippen LogP contribution in [0, 0.1) is 0 Å². The second-order valence-corrected chi connectivity index (χ2v) is 4.38. The molecule has 5 nitrogen and oxygen atoms in total. The third-order valence-electron chi connectivity index (χ3n) is 2.53. The van der Waals surface area contributed by atoms with E-state index >= 15 is 0 Å². The number of esters is 1. The van der Waals surface area contributed by atoms with Gasteiger partial charge in [-0.2, -0.15) is 0 Å². The summed E-state index contributed by atoms with van der Waals surface area (Å²) in [6, 6.07) is 4.34. The van der Waals surface area contributed by atoms with Crippen LogP contribution in [-0.2, 0) is 20.7 Å². The zero-order valence-electron chi connectivity index (χ0n) is 11.0. The summed E-state index contributed by atoms with van der Waals surface area (Å²) in [7, 11) is 2.78. The molecule has 0 saturated carbocycles. The summed E-state index contributed by atoms with van der Waals surface area (Å²) in [5, 5.41) is 3.07. The number of halogens is 1. The van der Waals surface area contributed by atoms with Crippen LogP contribution < -0.4 is 10.1 Å². The van der Waals surface area contributed by atoms with E-state index in [0.717, 1.165) is 0 Å². The molecule has 0 bridgehead atoms. The van der Waals surface area contributed by atoms with Crippen LogP contribution in [0.5, 0.6) is 5.75 Å². The molecule has 0 fully saturated rings. The minimum absolute atomic E-state index is 0.0989. The first kappa shape index (κ1) is 15.3. The number of carbonyl (C=O) groups excluding carboxylic acids is 2. The quantitative estimate of drug-likeness (QED) is 0.834. The zero-order valence-corrected chi connectivity index (χ0v) is 11.8. The summed E-state index contributed by atoms with van der Waals surface area (Å²) in [6.07, 6.45) is 0.0989. The molecule has 1 amide bonds. The van der Waals surface area contributed by atoms with Gasteiger partial charge in [0, 0.05) is 10.6 Å². The van der Waals surface area contributed by atoms with E-state index in [1.54, 1.807) is 25.1 Å². The summed E-state index contributed by atoms with van der Waals surface area (Å²) in [6.45, 7) is 1.56. The van der Waals surface area contributed by atoms with Crippen LogP contribution in [0.3, 0.4) is 0 Å². The van der Waals surface area contributed by atoms with Crippen LogP contribution in [0.1, 0.15) is 12.5 Å². The second-order valence-electron chi connectivity index (χ2n) is 3.95. The van der Waals surface area contributed by atoms with E-state index in [-0.39, 0.29) is 12.3 Å². The first-order chi connectivity index (χ1) is 8.97. The fourth-order valence-corrected chi connectivity index (χ4v) is 1.73. The first-order valence-electron chi connectivity index (χ1n) is 5.67. The number of methoxy groups -OCH3 is 2. The monoisotopic (exact) mass is 285 g/mol. The van der Waals surface area contributed by atoms with Crippen molar-refractivity contribution in [1.29, 1.82) is 0 Å². The lowest BCUT2D eigenvalue weighted by Crippen LogP contribution is -2.39. The molecular formula is C13H16ClNO4. The molecule has 1 aromatic carbocycles. The Balaban J connectivity index is 2.69. The Morgan fingerprint density at radius 1 is 1.37 bits per heavy atom. The fourth-order valence-electron chi connectivity index (χ4n) is 1.57. The van der Waals surface area contributed by atoms with Gasteiger partial charge < -0.3 is 14.8 Å². The van der Waals surface area contributed by atoms with Crippen LogP contribution in [0.15, 0.2) is 18.2 Å². The molecule has 1 aromatic rings. The van der Waals surface area contributed by atoms with Crippen molar-refractivity contribution in [3.63, 3.8) is 0 Å². The van der Waals surface area contributed by atoms with Crippen molar-refractivity contribution < 1.29 is 19.1 Å². The number of rotatable bonds is 5. The lowest BCUT2D eigenvalue weighted by Gasteiger charge is -2.13. The van der Waals surface area contributed by atoms with Crippen molar-refractivity contribution in [2.45, 2.75) is 19.4 Å². The first-order valence-corrected chi connectivity index (χ1v) is 6.05. The summed E-state index contributed by atoms with van der Waals surface area (Å²) in [5.41, 5.74) is 0.696. The smallest absolute Gasteiger partial charge is 0.328 e. The lowest BCUT2D eigenvalue weighted by molar-refractivity contribution is -0.144. The Kier molecular flexibility index (Phi) is 5.63. The molecule has 0 heterocycles. The van der Waals surface area contributed by atoms with Gasteiger partial charge in [-0.1, -0.05) is 17.7 Å². The Morgan fingerprint density at radius 2 is 2.05 bits per heavy atom. The van der Waals surface area contributed by atoms with Crippen molar-refractivity contribution in [2.75, 3.05) is 14.2 Å². The van der Waals surface area contributed by atoms with Gasteiger partial charge in [-0.15, -0.1) is 0 Å². The third-order valence-corrected chi connectivity index (χ3v) is 2.77. The molecule has 104 valence electrons. The zero-order chi connectivity index (χ0) is 14.4. The molecule has 1 N–H and O–H groups in total. The van der Waals surface area contributed by atoms with E-state index in [1.165, 1.54) is 14.2 Å². The normalized spacial score (nSPS) is 11.6. The van der Waals surface area contributed by atoms with E-state index < -0.39 is 12.0 Å². The van der Waals surface area contributed by atoms with Crippen LogP contribution in [0.4, 0.5) is 0 Å². The Labute approximate surface area is 116 Å². The van der Waals surface area contributed by atoms with Gasteiger partial charge >= 0.3 is 5.97 Å². The van der Waals surface area contributed by atoms with Gasteiger partial charge in [0.2, 0.25) is 5.91 Å². The number of carbonyl (C=O) groups is 2. The molecule has 19 heavy (non-hydrogen) atoms. The van der Waals surface area contributed by atoms with Gasteiger partial charge in [-0.25, -0.2) is 4.79 Å². The molecule has 0 radical (unpaired) electrons. The summed E-state index contributed by atoms with van der Waals surface area (Å²) >= 11 is 5.84. The number of hydrogen-bond donors (Lipinski definition) is 1. The van der Waals surface area contributed by atoms with Crippen molar-refractivity contribution in [3.8, 4) is 5.75 Å². The van der Waals surface area contributed by atoms with Gasteiger partial charge in [0.1, 0.15) is 11.8 Å². The van der Waals surface area contributed by atoms with Crippen LogP contribution >= 0.6 is 11.6 Å². The largest absolute Gasteiger partial charge is 0.496 e. The van der Waals surface area contributed by atoms with Crippen molar-refractivity contribution in [1.82, 2.24) is 5.32 Å². The predicted molar refractivity (Wildman–Crippen MR) is 71.3 cm³/mol. The van der Waals surface area contributed by atoms with Crippen LogP contribution in [-0.4, -0.2) is 32.1 Å². The average molecular weight is 286 g/mol. The predicted octanol–water partition coefficient (Wildman–Crippen LogP) is 1.57. The molecule has 0 aliphatic carbocycles. The fraction of sp³-hybridized carbons (Fsp3) is 0.385. The number of nitrogens with one attached hydrogen (secondary N) is 1. The summed E-state index contributed by atoms with van der Waals surface area (Å²) in [4.78, 5) is 23.0. The van der Waals surface area contributed by atoms with Crippen LogP contribution in [0.2, 0.25) is 5.02 Å². The number of hydrogen-bond acceptors (Lipinski definition) is 4. The maximum Gasteiger partial charge on any atom is 0.328 e. The average Bonchev–Trinajstić information content (AvgIpc) is 2.39. The van der Waals surface area contributed by atoms with E-state index in [9.17, 15) is 9.59 Å². The van der Waals surface area contributed by atoms with Gasteiger partial charge in [-0.3, -0.25) is 4.79 Å². The lowest BCUT2D eigenvalue weighted by atomic mass is 10.1. The number of ether oxygens (including phenoxy) is 2. The summed E-state index contributed by atoms with van der Waals surface area (Å²) < 4.78 is 9.67. The maximum absolute atomic E-state index is 11.8. The van der Waals surface area contributed by atoms with E-state index in [1.807, 2.05) is 0 Å².